The molecular weight excluding hydrogens is 284 g/mol. The monoisotopic (exact) mass is 292 g/mol. The Hall–Kier alpha value is -0.590. The van der Waals surface area contributed by atoms with Gasteiger partial charge in [0.15, 0.2) is 0 Å². The Labute approximate surface area is 92.4 Å². The molecule has 0 saturated carbocycles. The Balaban J connectivity index is 4.01. The lowest BCUT2D eigenvalue weighted by Gasteiger charge is -2.20. The fraction of sp³-hybridized carbons (Fsp3) is 0.625. The summed E-state index contributed by atoms with van der Waals surface area (Å²) in [6, 6.07) is 0. The average molecular weight is 293 g/mol. The van der Waals surface area contributed by atoms with Gasteiger partial charge < -0.3 is 4.74 Å². The van der Waals surface area contributed by atoms with Gasteiger partial charge in [-0.3, -0.25) is 0 Å². The minimum atomic E-state index is -4.30. The number of halogens is 5. The highest BCUT2D eigenvalue weighted by atomic mass is 79.9. The van der Waals surface area contributed by atoms with E-state index >= 15 is 0 Å². The number of allylic oxidation sites excluding steroid dienone is 1. The van der Waals surface area contributed by atoms with Crippen molar-refractivity contribution >= 4 is 21.9 Å². The molecule has 7 heteroatoms. The van der Waals surface area contributed by atoms with E-state index in [9.17, 15) is 22.4 Å². The highest BCUT2D eigenvalue weighted by molar-refractivity contribution is 9.10. The number of carbonyl (C=O) groups is 1. The Morgan fingerprint density at radius 1 is 1.40 bits per heavy atom. The van der Waals surface area contributed by atoms with E-state index in [1.54, 1.807) is 15.9 Å². The first-order valence-electron chi connectivity index (χ1n) is 3.94. The van der Waals surface area contributed by atoms with Crippen LogP contribution in [-0.2, 0) is 9.53 Å². The molecule has 0 radical (unpaired) electrons. The summed E-state index contributed by atoms with van der Waals surface area (Å²) < 4.78 is 53.7. The summed E-state index contributed by atoms with van der Waals surface area (Å²) in [6.07, 6.45) is 1.11. The first kappa shape index (κ1) is 14.4. The van der Waals surface area contributed by atoms with Gasteiger partial charge in [-0.15, -0.1) is 0 Å². The van der Waals surface area contributed by atoms with Gasteiger partial charge in [-0.1, -0.05) is 6.08 Å². The van der Waals surface area contributed by atoms with Gasteiger partial charge >= 0.3 is 16.7 Å². The molecule has 0 fully saturated rings. The number of hydrogen-bond acceptors (Lipinski definition) is 2. The maximum Gasteiger partial charge on any atom is 0.363 e. The number of alkyl halides is 5. The number of esters is 1. The van der Waals surface area contributed by atoms with Crippen LogP contribution in [0.3, 0.4) is 0 Å². The van der Waals surface area contributed by atoms with Crippen molar-refractivity contribution in [1.82, 2.24) is 0 Å². The van der Waals surface area contributed by atoms with Crippen molar-refractivity contribution in [2.45, 2.75) is 24.1 Å². The second-order valence-electron chi connectivity index (χ2n) is 2.62. The third-order valence-corrected chi connectivity index (χ3v) is 1.96. The van der Waals surface area contributed by atoms with Crippen LogP contribution >= 0.6 is 15.9 Å². The molecule has 0 N–H and O–H groups in total. The lowest BCUT2D eigenvalue weighted by Crippen LogP contribution is -2.36. The van der Waals surface area contributed by atoms with E-state index in [0.29, 0.717) is 0 Å². The molecule has 0 aliphatic rings. The minimum absolute atomic E-state index is 0.767. The van der Waals surface area contributed by atoms with Crippen molar-refractivity contribution in [1.29, 1.82) is 0 Å². The molecule has 0 unspecified atom stereocenters. The third kappa shape index (κ3) is 5.15. The third-order valence-electron chi connectivity index (χ3n) is 1.38. The molecule has 0 spiro atoms. The van der Waals surface area contributed by atoms with Crippen LogP contribution in [0.2, 0.25) is 0 Å². The Morgan fingerprint density at radius 3 is 2.33 bits per heavy atom. The molecule has 2 nitrogen and oxygen atoms in total. The summed E-state index contributed by atoms with van der Waals surface area (Å²) in [5.41, 5.74) is 0. The summed E-state index contributed by atoms with van der Waals surface area (Å²) in [4.78, 5) is 6.33. The van der Waals surface area contributed by atoms with Crippen molar-refractivity contribution in [3.63, 3.8) is 0 Å². The van der Waals surface area contributed by atoms with Gasteiger partial charge in [0, 0.05) is 6.08 Å². The Morgan fingerprint density at radius 2 is 1.93 bits per heavy atom. The Kier molecular flexibility index (Phi) is 5.27. The largest absolute Gasteiger partial charge is 0.462 e. The fourth-order valence-corrected chi connectivity index (χ4v) is 0.804. The van der Waals surface area contributed by atoms with E-state index in [4.69, 9.17) is 0 Å². The summed E-state index contributed by atoms with van der Waals surface area (Å²) in [5.74, 6) is -5.09. The molecule has 0 saturated heterocycles. The molecule has 0 bridgehead atoms. The van der Waals surface area contributed by atoms with Crippen molar-refractivity contribution in [2.24, 2.45) is 0 Å². The topological polar surface area (TPSA) is 26.3 Å². The van der Waals surface area contributed by atoms with Crippen molar-refractivity contribution < 1.29 is 27.1 Å². The van der Waals surface area contributed by atoms with Gasteiger partial charge in [0.2, 0.25) is 0 Å². The summed E-state index contributed by atoms with van der Waals surface area (Å²) in [6.45, 7) is 0.764. The molecule has 88 valence electrons. The maximum absolute atomic E-state index is 12.6. The van der Waals surface area contributed by atoms with E-state index in [1.807, 2.05) is 0 Å². The lowest BCUT2D eigenvalue weighted by atomic mass is 10.2. The number of rotatable bonds is 5. The van der Waals surface area contributed by atoms with Gasteiger partial charge in [-0.2, -0.15) is 17.6 Å². The molecule has 15 heavy (non-hydrogen) atoms. The molecule has 0 aromatic rings. The summed E-state index contributed by atoms with van der Waals surface area (Å²) >= 11 is 1.56. The van der Waals surface area contributed by atoms with Crippen molar-refractivity contribution in [3.8, 4) is 0 Å². The van der Waals surface area contributed by atoms with Crippen LogP contribution in [0.5, 0.6) is 0 Å². The van der Waals surface area contributed by atoms with Crippen molar-refractivity contribution in [2.75, 3.05) is 6.61 Å². The normalized spacial score (nSPS) is 13.2. The highest BCUT2D eigenvalue weighted by Gasteiger charge is 2.53. The average Bonchev–Trinajstić information content (AvgIpc) is 2.01. The number of hydrogen-bond donors (Lipinski definition) is 0. The van der Waals surface area contributed by atoms with E-state index in [1.165, 1.54) is 13.0 Å². The molecule has 0 amide bonds. The van der Waals surface area contributed by atoms with Gasteiger partial charge in [0.05, 0.1) is 13.0 Å². The second kappa shape index (κ2) is 5.48. The van der Waals surface area contributed by atoms with E-state index in [0.717, 1.165) is 6.08 Å². The zero-order valence-corrected chi connectivity index (χ0v) is 9.36. The van der Waals surface area contributed by atoms with Gasteiger partial charge in [0.1, 0.15) is 0 Å². The molecular formula is C8H9BrF4O2. The molecule has 0 heterocycles. The molecule has 0 rings (SSSR count). The van der Waals surface area contributed by atoms with Crippen LogP contribution in [0.4, 0.5) is 17.6 Å². The fourth-order valence-electron chi connectivity index (χ4n) is 0.606. The second-order valence-corrected chi connectivity index (χ2v) is 3.62. The number of carbonyl (C=O) groups excluding carboxylic acids is 1. The van der Waals surface area contributed by atoms with E-state index < -0.39 is 29.8 Å². The first-order chi connectivity index (χ1) is 6.70. The van der Waals surface area contributed by atoms with Crippen LogP contribution in [0.25, 0.3) is 0 Å². The number of ether oxygens (including phenoxy) is 1. The van der Waals surface area contributed by atoms with Gasteiger partial charge in [0.25, 0.3) is 0 Å². The summed E-state index contributed by atoms with van der Waals surface area (Å²) in [7, 11) is 0. The predicted octanol–water partition coefficient (Wildman–Crippen LogP) is 3.12. The summed E-state index contributed by atoms with van der Waals surface area (Å²) in [5, 5.41) is 0. The smallest absolute Gasteiger partial charge is 0.363 e. The van der Waals surface area contributed by atoms with Crippen LogP contribution in [0, 0.1) is 0 Å². The first-order valence-corrected chi connectivity index (χ1v) is 4.74. The van der Waals surface area contributed by atoms with Gasteiger partial charge in [-0.25, -0.2) is 4.79 Å². The van der Waals surface area contributed by atoms with E-state index in [2.05, 4.69) is 4.74 Å². The zero-order valence-electron chi connectivity index (χ0n) is 7.78. The van der Waals surface area contributed by atoms with Crippen molar-refractivity contribution in [3.05, 3.63) is 12.2 Å². The SMILES string of the molecule is CC=CC(=O)OCCC(F)(F)C(F)(F)Br. The quantitative estimate of drug-likeness (QED) is 0.337. The maximum atomic E-state index is 12.6. The van der Waals surface area contributed by atoms with Crippen LogP contribution in [0.15, 0.2) is 12.2 Å². The zero-order chi connectivity index (χ0) is 12.1. The standard InChI is InChI=1S/C8H9BrF4O2/c1-2-3-6(14)15-5-4-7(10,11)8(9,12)13/h2-3H,4-5H2,1H3. The van der Waals surface area contributed by atoms with Crippen LogP contribution in [0.1, 0.15) is 13.3 Å². The molecule has 0 aromatic heterocycles. The highest BCUT2D eigenvalue weighted by Crippen LogP contribution is 2.41. The lowest BCUT2D eigenvalue weighted by molar-refractivity contribution is -0.163. The Bertz CT molecular complexity index is 248. The minimum Gasteiger partial charge on any atom is -0.462 e. The molecule has 0 aromatic carbocycles. The van der Waals surface area contributed by atoms with Gasteiger partial charge in [-0.05, 0) is 22.9 Å². The predicted molar refractivity (Wildman–Crippen MR) is 49.2 cm³/mol. The van der Waals surface area contributed by atoms with Crippen LogP contribution in [-0.4, -0.2) is 23.3 Å². The molecule has 0 aliphatic carbocycles. The molecule has 0 aliphatic heterocycles. The van der Waals surface area contributed by atoms with Crippen LogP contribution < -0.4 is 0 Å². The van der Waals surface area contributed by atoms with E-state index in [-0.39, 0.29) is 0 Å². The molecule has 0 atom stereocenters.